The van der Waals surface area contributed by atoms with Gasteiger partial charge in [-0.05, 0) is 57.6 Å². The minimum Gasteiger partial charge on any atom is -0.324 e. The van der Waals surface area contributed by atoms with Crippen LogP contribution in [0.15, 0.2) is 22.7 Å². The van der Waals surface area contributed by atoms with E-state index in [4.69, 9.17) is 17.3 Å². The predicted octanol–water partition coefficient (Wildman–Crippen LogP) is 3.52. The molecule has 0 radical (unpaired) electrons. The topological polar surface area (TPSA) is 32.5 Å². The highest BCUT2D eigenvalue weighted by Crippen LogP contribution is 2.28. The fourth-order valence-electron chi connectivity index (χ4n) is 3.08. The largest absolute Gasteiger partial charge is 0.324 e. The summed E-state index contributed by atoms with van der Waals surface area (Å²) in [5.41, 5.74) is 7.38. The predicted molar refractivity (Wildman–Crippen MR) is 93.8 cm³/mol. The molecule has 0 spiro atoms. The number of likely N-dealkylation sites (N-methyl/N-ethyl adjacent to an activating group) is 1. The van der Waals surface area contributed by atoms with Gasteiger partial charge in [0.2, 0.25) is 0 Å². The SMILES string of the molecule is CN(C)CC1CCCN1CCC(N)c1ccc(Br)cc1Cl. The molecule has 0 amide bonds. The van der Waals surface area contributed by atoms with Crippen molar-refractivity contribution in [1.82, 2.24) is 9.80 Å². The van der Waals surface area contributed by atoms with Crippen LogP contribution in [-0.4, -0.2) is 49.6 Å². The highest BCUT2D eigenvalue weighted by Gasteiger charge is 2.25. The number of nitrogens with zero attached hydrogens (tertiary/aromatic N) is 2. The summed E-state index contributed by atoms with van der Waals surface area (Å²) < 4.78 is 0.994. The average molecular weight is 375 g/mol. The summed E-state index contributed by atoms with van der Waals surface area (Å²) in [6.07, 6.45) is 3.55. The molecule has 21 heavy (non-hydrogen) atoms. The van der Waals surface area contributed by atoms with Crippen LogP contribution >= 0.6 is 27.5 Å². The van der Waals surface area contributed by atoms with Crippen molar-refractivity contribution < 1.29 is 0 Å². The molecule has 0 bridgehead atoms. The van der Waals surface area contributed by atoms with Gasteiger partial charge in [-0.2, -0.15) is 0 Å². The van der Waals surface area contributed by atoms with Gasteiger partial charge in [-0.15, -0.1) is 0 Å². The van der Waals surface area contributed by atoms with Crippen molar-refractivity contribution >= 4 is 27.5 Å². The molecule has 2 N–H and O–H groups in total. The number of hydrogen-bond donors (Lipinski definition) is 1. The first-order valence-corrected chi connectivity index (χ1v) is 8.74. The Kier molecular flexibility index (Phi) is 6.51. The molecule has 118 valence electrons. The molecule has 1 aromatic rings. The van der Waals surface area contributed by atoms with E-state index in [0.29, 0.717) is 6.04 Å². The lowest BCUT2D eigenvalue weighted by atomic mass is 10.0. The van der Waals surface area contributed by atoms with E-state index in [2.05, 4.69) is 39.8 Å². The number of hydrogen-bond acceptors (Lipinski definition) is 3. The number of halogens is 2. The molecule has 0 aliphatic carbocycles. The molecular weight excluding hydrogens is 350 g/mol. The molecule has 5 heteroatoms. The minimum atomic E-state index is 0.00575. The second-order valence-corrected chi connectivity index (χ2v) is 7.48. The van der Waals surface area contributed by atoms with E-state index in [1.807, 2.05) is 18.2 Å². The van der Waals surface area contributed by atoms with Crippen LogP contribution in [0.5, 0.6) is 0 Å². The Balaban J connectivity index is 1.89. The van der Waals surface area contributed by atoms with E-state index < -0.39 is 0 Å². The van der Waals surface area contributed by atoms with Crippen molar-refractivity contribution in [2.45, 2.75) is 31.3 Å². The summed E-state index contributed by atoms with van der Waals surface area (Å²) >= 11 is 9.72. The molecule has 1 aliphatic rings. The van der Waals surface area contributed by atoms with Gasteiger partial charge in [-0.1, -0.05) is 33.6 Å². The molecule has 1 fully saturated rings. The van der Waals surface area contributed by atoms with Gasteiger partial charge >= 0.3 is 0 Å². The van der Waals surface area contributed by atoms with E-state index >= 15 is 0 Å². The Morgan fingerprint density at radius 3 is 2.90 bits per heavy atom. The van der Waals surface area contributed by atoms with Crippen LogP contribution in [0.3, 0.4) is 0 Å². The van der Waals surface area contributed by atoms with Crippen molar-refractivity contribution in [3.63, 3.8) is 0 Å². The van der Waals surface area contributed by atoms with E-state index in [0.717, 1.165) is 34.6 Å². The fourth-order valence-corrected chi connectivity index (χ4v) is 3.89. The second-order valence-electron chi connectivity index (χ2n) is 6.16. The molecule has 2 unspecified atom stereocenters. The maximum Gasteiger partial charge on any atom is 0.0464 e. The third-order valence-corrected chi connectivity index (χ3v) is 4.98. The van der Waals surface area contributed by atoms with Gasteiger partial charge in [0.25, 0.3) is 0 Å². The van der Waals surface area contributed by atoms with Crippen molar-refractivity contribution in [2.75, 3.05) is 33.7 Å². The van der Waals surface area contributed by atoms with Crippen molar-refractivity contribution in [3.8, 4) is 0 Å². The average Bonchev–Trinajstić information content (AvgIpc) is 2.82. The fraction of sp³-hybridized carbons (Fsp3) is 0.625. The van der Waals surface area contributed by atoms with Crippen LogP contribution in [0.4, 0.5) is 0 Å². The van der Waals surface area contributed by atoms with Gasteiger partial charge in [0.15, 0.2) is 0 Å². The Hall–Kier alpha value is -0.130. The number of nitrogens with two attached hydrogens (primary N) is 1. The smallest absolute Gasteiger partial charge is 0.0464 e. The molecule has 2 rings (SSSR count). The molecule has 1 saturated heterocycles. The summed E-state index contributed by atoms with van der Waals surface area (Å²) in [5.74, 6) is 0. The van der Waals surface area contributed by atoms with E-state index in [-0.39, 0.29) is 6.04 Å². The lowest BCUT2D eigenvalue weighted by Gasteiger charge is -2.28. The van der Waals surface area contributed by atoms with Crippen LogP contribution in [0.2, 0.25) is 5.02 Å². The Labute approximate surface area is 141 Å². The highest BCUT2D eigenvalue weighted by molar-refractivity contribution is 9.10. The summed E-state index contributed by atoms with van der Waals surface area (Å²) in [4.78, 5) is 4.85. The molecule has 1 aromatic carbocycles. The van der Waals surface area contributed by atoms with E-state index in [1.54, 1.807) is 0 Å². The third-order valence-electron chi connectivity index (χ3n) is 4.16. The Bertz CT molecular complexity index is 467. The summed E-state index contributed by atoms with van der Waals surface area (Å²) in [6, 6.07) is 6.63. The van der Waals surface area contributed by atoms with Crippen molar-refractivity contribution in [2.24, 2.45) is 5.73 Å². The van der Waals surface area contributed by atoms with Crippen LogP contribution in [0.1, 0.15) is 30.9 Å². The zero-order chi connectivity index (χ0) is 15.4. The van der Waals surface area contributed by atoms with Gasteiger partial charge in [-0.25, -0.2) is 0 Å². The first kappa shape index (κ1) is 17.2. The van der Waals surface area contributed by atoms with Gasteiger partial charge < -0.3 is 10.6 Å². The van der Waals surface area contributed by atoms with Gasteiger partial charge in [-0.3, -0.25) is 4.90 Å². The van der Waals surface area contributed by atoms with Crippen LogP contribution in [-0.2, 0) is 0 Å². The number of likely N-dealkylation sites (tertiary alicyclic amines) is 1. The summed E-state index contributed by atoms with van der Waals surface area (Å²) in [5, 5.41) is 0.753. The lowest BCUT2D eigenvalue weighted by Crippen LogP contribution is -2.38. The standard InChI is InChI=1S/C16H25BrClN3/c1-20(2)11-13-4-3-8-21(13)9-7-16(19)14-6-5-12(17)10-15(14)18/h5-6,10,13,16H,3-4,7-9,11,19H2,1-2H3. The first-order chi connectivity index (χ1) is 9.97. The molecule has 0 aromatic heterocycles. The summed E-state index contributed by atoms with van der Waals surface area (Å²) in [6.45, 7) is 3.37. The molecular formula is C16H25BrClN3. The molecule has 1 heterocycles. The number of rotatable bonds is 6. The van der Waals surface area contributed by atoms with Crippen molar-refractivity contribution in [1.29, 1.82) is 0 Å². The number of benzene rings is 1. The zero-order valence-electron chi connectivity index (χ0n) is 12.9. The maximum absolute atomic E-state index is 6.33. The molecule has 0 saturated carbocycles. The normalized spacial score (nSPS) is 21.1. The molecule has 3 nitrogen and oxygen atoms in total. The van der Waals surface area contributed by atoms with Crippen LogP contribution in [0.25, 0.3) is 0 Å². The van der Waals surface area contributed by atoms with E-state index in [9.17, 15) is 0 Å². The Morgan fingerprint density at radius 1 is 1.48 bits per heavy atom. The van der Waals surface area contributed by atoms with Gasteiger partial charge in [0.05, 0.1) is 0 Å². The molecule has 2 atom stereocenters. The van der Waals surface area contributed by atoms with Crippen LogP contribution < -0.4 is 5.73 Å². The van der Waals surface area contributed by atoms with Crippen molar-refractivity contribution in [3.05, 3.63) is 33.3 Å². The van der Waals surface area contributed by atoms with Crippen LogP contribution in [0, 0.1) is 0 Å². The van der Waals surface area contributed by atoms with E-state index in [1.165, 1.54) is 19.4 Å². The summed E-state index contributed by atoms with van der Waals surface area (Å²) in [7, 11) is 4.29. The van der Waals surface area contributed by atoms with Gasteiger partial charge in [0, 0.05) is 34.7 Å². The monoisotopic (exact) mass is 373 g/mol. The molecule has 1 aliphatic heterocycles. The zero-order valence-corrected chi connectivity index (χ0v) is 15.2. The first-order valence-electron chi connectivity index (χ1n) is 7.56. The third kappa shape index (κ3) is 4.93. The highest BCUT2D eigenvalue weighted by atomic mass is 79.9. The quantitative estimate of drug-likeness (QED) is 0.827. The minimum absolute atomic E-state index is 0.00575. The maximum atomic E-state index is 6.33. The lowest BCUT2D eigenvalue weighted by molar-refractivity contribution is 0.202. The van der Waals surface area contributed by atoms with Gasteiger partial charge in [0.1, 0.15) is 0 Å². The second kappa shape index (κ2) is 7.93. The Morgan fingerprint density at radius 2 is 2.24 bits per heavy atom.